The Bertz CT molecular complexity index is 791. The molecule has 0 amide bonds. The molecule has 0 saturated carbocycles. The number of hydrogen-bond donors (Lipinski definition) is 1. The van der Waals surface area contributed by atoms with Crippen LogP contribution in [0.15, 0.2) is 40.8 Å². The highest BCUT2D eigenvalue weighted by molar-refractivity contribution is 5.79. The Kier molecular flexibility index (Phi) is 3.34. The van der Waals surface area contributed by atoms with Gasteiger partial charge >= 0.3 is 0 Å². The number of furan rings is 1. The van der Waals surface area contributed by atoms with Crippen molar-refractivity contribution in [2.75, 3.05) is 0 Å². The van der Waals surface area contributed by atoms with Crippen molar-refractivity contribution >= 4 is 11.0 Å². The smallest absolute Gasteiger partial charge is 0.134 e. The summed E-state index contributed by atoms with van der Waals surface area (Å²) < 4.78 is 5.95. The Morgan fingerprint density at radius 3 is 2.19 bits per heavy atom. The van der Waals surface area contributed by atoms with E-state index in [1.807, 2.05) is 6.07 Å². The first-order valence-corrected chi connectivity index (χ1v) is 7.29. The molecule has 3 rings (SSSR count). The van der Waals surface area contributed by atoms with Crippen molar-refractivity contribution in [2.24, 2.45) is 5.73 Å². The molecule has 108 valence electrons. The molecule has 0 aliphatic heterocycles. The number of aryl methyl sites for hydroxylation is 4. The molecule has 2 N–H and O–H groups in total. The van der Waals surface area contributed by atoms with Crippen LogP contribution in [0.5, 0.6) is 0 Å². The Balaban J connectivity index is 2.10. The van der Waals surface area contributed by atoms with Crippen molar-refractivity contribution in [1.29, 1.82) is 0 Å². The van der Waals surface area contributed by atoms with Gasteiger partial charge in [-0.25, -0.2) is 0 Å². The minimum absolute atomic E-state index is 0.224. The van der Waals surface area contributed by atoms with Crippen LogP contribution in [0.3, 0.4) is 0 Å². The second-order valence-corrected chi connectivity index (χ2v) is 5.98. The topological polar surface area (TPSA) is 39.2 Å². The molecule has 2 aromatic carbocycles. The first-order chi connectivity index (χ1) is 9.95. The standard InChI is InChI=1S/C19H21NO/c1-11-5-6-16-15(9-11)10-17(21-16)19(20)18-13(3)7-12(2)8-14(18)4/h5-10,19H,20H2,1-4H3. The average molecular weight is 279 g/mol. The van der Waals surface area contributed by atoms with Gasteiger partial charge in [0.1, 0.15) is 11.3 Å². The fraction of sp³-hybridized carbons (Fsp3) is 0.263. The van der Waals surface area contributed by atoms with E-state index >= 15 is 0 Å². The van der Waals surface area contributed by atoms with Gasteiger partial charge in [-0.05, 0) is 62.6 Å². The van der Waals surface area contributed by atoms with Gasteiger partial charge in [0.05, 0.1) is 6.04 Å². The van der Waals surface area contributed by atoms with Gasteiger partial charge in [-0.1, -0.05) is 29.3 Å². The lowest BCUT2D eigenvalue weighted by Gasteiger charge is -2.16. The normalized spacial score (nSPS) is 12.8. The molecule has 21 heavy (non-hydrogen) atoms. The lowest BCUT2D eigenvalue weighted by atomic mass is 9.93. The maximum Gasteiger partial charge on any atom is 0.134 e. The van der Waals surface area contributed by atoms with Crippen LogP contribution in [0.2, 0.25) is 0 Å². The van der Waals surface area contributed by atoms with Crippen molar-refractivity contribution < 1.29 is 4.42 Å². The van der Waals surface area contributed by atoms with Gasteiger partial charge in [0.15, 0.2) is 0 Å². The molecule has 1 atom stereocenters. The van der Waals surface area contributed by atoms with E-state index in [4.69, 9.17) is 10.2 Å². The fourth-order valence-corrected chi connectivity index (χ4v) is 3.16. The van der Waals surface area contributed by atoms with Crippen LogP contribution in [-0.2, 0) is 0 Å². The maximum atomic E-state index is 6.48. The zero-order chi connectivity index (χ0) is 15.1. The minimum Gasteiger partial charge on any atom is -0.459 e. The van der Waals surface area contributed by atoms with E-state index in [2.05, 4.69) is 58.0 Å². The van der Waals surface area contributed by atoms with E-state index in [1.54, 1.807) is 0 Å². The molecule has 3 aromatic rings. The maximum absolute atomic E-state index is 6.48. The summed E-state index contributed by atoms with van der Waals surface area (Å²) in [6, 6.07) is 12.4. The molecule has 0 radical (unpaired) electrons. The van der Waals surface area contributed by atoms with Crippen molar-refractivity contribution in [1.82, 2.24) is 0 Å². The molecular formula is C19H21NO. The van der Waals surface area contributed by atoms with E-state index in [1.165, 1.54) is 22.3 Å². The summed E-state index contributed by atoms with van der Waals surface area (Å²) in [5, 5.41) is 1.11. The summed E-state index contributed by atoms with van der Waals surface area (Å²) in [7, 11) is 0. The molecule has 1 heterocycles. The Morgan fingerprint density at radius 1 is 0.857 bits per heavy atom. The third kappa shape index (κ3) is 2.47. The van der Waals surface area contributed by atoms with Crippen LogP contribution >= 0.6 is 0 Å². The first-order valence-electron chi connectivity index (χ1n) is 7.29. The largest absolute Gasteiger partial charge is 0.459 e. The van der Waals surface area contributed by atoms with Crippen LogP contribution in [0.25, 0.3) is 11.0 Å². The Labute approximate surface area is 125 Å². The fourth-order valence-electron chi connectivity index (χ4n) is 3.16. The molecule has 0 fully saturated rings. The predicted molar refractivity (Wildman–Crippen MR) is 87.6 cm³/mol. The monoisotopic (exact) mass is 279 g/mol. The zero-order valence-corrected chi connectivity index (χ0v) is 13.0. The van der Waals surface area contributed by atoms with E-state index in [-0.39, 0.29) is 6.04 Å². The van der Waals surface area contributed by atoms with Crippen molar-refractivity contribution in [2.45, 2.75) is 33.7 Å². The summed E-state index contributed by atoms with van der Waals surface area (Å²) in [5.74, 6) is 0.825. The number of hydrogen-bond acceptors (Lipinski definition) is 2. The molecule has 0 saturated heterocycles. The molecule has 2 heteroatoms. The van der Waals surface area contributed by atoms with Crippen LogP contribution in [0, 0.1) is 27.7 Å². The molecule has 0 spiro atoms. The highest BCUT2D eigenvalue weighted by Crippen LogP contribution is 2.31. The lowest BCUT2D eigenvalue weighted by Crippen LogP contribution is -2.14. The van der Waals surface area contributed by atoms with E-state index in [0.29, 0.717) is 0 Å². The number of rotatable bonds is 2. The molecular weight excluding hydrogens is 258 g/mol. The summed E-state index contributed by atoms with van der Waals surface area (Å²) in [6.45, 7) is 8.42. The quantitative estimate of drug-likeness (QED) is 0.737. The van der Waals surface area contributed by atoms with Crippen LogP contribution < -0.4 is 5.73 Å². The molecule has 0 bridgehead atoms. The van der Waals surface area contributed by atoms with Crippen molar-refractivity contribution in [3.63, 3.8) is 0 Å². The van der Waals surface area contributed by atoms with Gasteiger partial charge in [-0.15, -0.1) is 0 Å². The summed E-state index contributed by atoms with van der Waals surface area (Å²) in [4.78, 5) is 0. The van der Waals surface area contributed by atoms with Gasteiger partial charge < -0.3 is 10.2 Å². The van der Waals surface area contributed by atoms with Gasteiger partial charge in [-0.2, -0.15) is 0 Å². The SMILES string of the molecule is Cc1cc(C)c(C(N)c2cc3cc(C)ccc3o2)c(C)c1. The highest BCUT2D eigenvalue weighted by atomic mass is 16.3. The molecule has 0 aliphatic carbocycles. The Morgan fingerprint density at radius 2 is 1.52 bits per heavy atom. The molecule has 2 nitrogen and oxygen atoms in total. The summed E-state index contributed by atoms with van der Waals surface area (Å²) in [6.07, 6.45) is 0. The van der Waals surface area contributed by atoms with Gasteiger partial charge in [0, 0.05) is 5.39 Å². The molecule has 0 aliphatic rings. The number of benzene rings is 2. The average Bonchev–Trinajstić information content (AvgIpc) is 2.80. The van der Waals surface area contributed by atoms with Crippen LogP contribution in [0.1, 0.15) is 39.6 Å². The third-order valence-electron chi connectivity index (χ3n) is 4.05. The van der Waals surface area contributed by atoms with Gasteiger partial charge in [0.25, 0.3) is 0 Å². The third-order valence-corrected chi connectivity index (χ3v) is 4.05. The predicted octanol–water partition coefficient (Wildman–Crippen LogP) is 4.71. The number of fused-ring (bicyclic) bond motifs is 1. The summed E-state index contributed by atoms with van der Waals surface area (Å²) >= 11 is 0. The van der Waals surface area contributed by atoms with E-state index < -0.39 is 0 Å². The summed E-state index contributed by atoms with van der Waals surface area (Å²) in [5.41, 5.74) is 13.5. The first kappa shape index (κ1) is 13.9. The van der Waals surface area contributed by atoms with Gasteiger partial charge in [-0.3, -0.25) is 0 Å². The minimum atomic E-state index is -0.224. The van der Waals surface area contributed by atoms with Crippen molar-refractivity contribution in [3.8, 4) is 0 Å². The van der Waals surface area contributed by atoms with Gasteiger partial charge in [0.2, 0.25) is 0 Å². The molecule has 1 unspecified atom stereocenters. The second-order valence-electron chi connectivity index (χ2n) is 5.98. The molecule has 1 aromatic heterocycles. The van der Waals surface area contributed by atoms with E-state index in [9.17, 15) is 0 Å². The van der Waals surface area contributed by atoms with E-state index in [0.717, 1.165) is 22.3 Å². The van der Waals surface area contributed by atoms with Crippen LogP contribution in [0.4, 0.5) is 0 Å². The zero-order valence-electron chi connectivity index (χ0n) is 13.0. The van der Waals surface area contributed by atoms with Crippen molar-refractivity contribution in [3.05, 3.63) is 70.0 Å². The Hall–Kier alpha value is -2.06. The lowest BCUT2D eigenvalue weighted by molar-refractivity contribution is 0.523. The second kappa shape index (κ2) is 5.05. The number of nitrogens with two attached hydrogens (primary N) is 1. The highest BCUT2D eigenvalue weighted by Gasteiger charge is 2.18. The van der Waals surface area contributed by atoms with Crippen LogP contribution in [-0.4, -0.2) is 0 Å².